The van der Waals surface area contributed by atoms with Crippen LogP contribution in [-0.4, -0.2) is 28.3 Å². The average molecular weight is 319 g/mol. The number of nitrogens with one attached hydrogen (secondary N) is 3. The Hall–Kier alpha value is -2.54. The summed E-state index contributed by atoms with van der Waals surface area (Å²) in [6.07, 6.45) is 1.59. The van der Waals surface area contributed by atoms with E-state index in [9.17, 15) is 28.1 Å². The van der Waals surface area contributed by atoms with Gasteiger partial charge in [0.25, 0.3) is 15.6 Å². The van der Waals surface area contributed by atoms with Crippen molar-refractivity contribution in [2.45, 2.75) is 4.90 Å². The summed E-state index contributed by atoms with van der Waals surface area (Å²) in [4.78, 5) is 38.4. The molecule has 0 aliphatic rings. The molecule has 0 amide bonds. The van der Waals surface area contributed by atoms with Crippen LogP contribution in [0.25, 0.3) is 0 Å². The van der Waals surface area contributed by atoms with Crippen LogP contribution in [-0.2, 0) is 10.0 Å². The van der Waals surface area contributed by atoms with Crippen molar-refractivity contribution >= 4 is 31.5 Å². The Morgan fingerprint density at radius 2 is 2.10 bits per heavy atom. The molecule has 2 rings (SSSR count). The first-order chi connectivity index (χ1) is 9.29. The van der Waals surface area contributed by atoms with Gasteiger partial charge >= 0.3 is 10.7 Å². The normalized spacial score (nSPS) is 11.2. The highest BCUT2D eigenvalue weighted by Gasteiger charge is 2.22. The van der Waals surface area contributed by atoms with Crippen LogP contribution in [0.15, 0.2) is 26.9 Å². The van der Waals surface area contributed by atoms with E-state index in [1.165, 1.54) is 0 Å². The summed E-state index contributed by atoms with van der Waals surface area (Å²) in [5.74, 6) is 0. The molecule has 2 aromatic heterocycles. The van der Waals surface area contributed by atoms with Gasteiger partial charge in [-0.15, -0.1) is 0 Å². The number of nitrogens with zero attached hydrogens (tertiary/aromatic N) is 2. The maximum atomic E-state index is 11.9. The number of aromatic amines is 2. The molecular formula is C7H5N5O6S2. The van der Waals surface area contributed by atoms with Crippen LogP contribution in [0.5, 0.6) is 0 Å². The molecule has 0 saturated carbocycles. The van der Waals surface area contributed by atoms with Crippen molar-refractivity contribution in [1.82, 2.24) is 15.0 Å². The first-order valence-corrected chi connectivity index (χ1v) is 7.04. The third kappa shape index (κ3) is 2.72. The van der Waals surface area contributed by atoms with Gasteiger partial charge in [0.2, 0.25) is 5.13 Å². The van der Waals surface area contributed by atoms with Crippen LogP contribution in [0.4, 0.5) is 10.1 Å². The Morgan fingerprint density at radius 1 is 1.40 bits per heavy atom. The van der Waals surface area contributed by atoms with Crippen molar-refractivity contribution in [2.75, 3.05) is 4.72 Å². The zero-order chi connectivity index (χ0) is 14.9. The smallest absolute Gasteiger partial charge is 0.313 e. The Morgan fingerprint density at radius 3 is 2.65 bits per heavy atom. The fourth-order valence-corrected chi connectivity index (χ4v) is 3.05. The molecule has 2 aromatic rings. The maximum Gasteiger partial charge on any atom is 0.345 e. The summed E-state index contributed by atoms with van der Waals surface area (Å²) in [7, 11) is -4.31. The second-order valence-corrected chi connectivity index (χ2v) is 5.96. The molecule has 13 heteroatoms. The summed E-state index contributed by atoms with van der Waals surface area (Å²) in [6, 6.07) is 0. The number of anilines is 1. The minimum Gasteiger partial charge on any atom is -0.313 e. The second-order valence-electron chi connectivity index (χ2n) is 3.30. The summed E-state index contributed by atoms with van der Waals surface area (Å²) < 4.78 is 25.6. The topological polar surface area (TPSA) is 168 Å². The van der Waals surface area contributed by atoms with E-state index in [4.69, 9.17) is 0 Å². The number of hydrogen-bond acceptors (Lipinski definition) is 8. The van der Waals surface area contributed by atoms with Crippen molar-refractivity contribution in [1.29, 1.82) is 0 Å². The van der Waals surface area contributed by atoms with E-state index >= 15 is 0 Å². The van der Waals surface area contributed by atoms with E-state index < -0.39 is 31.1 Å². The van der Waals surface area contributed by atoms with Gasteiger partial charge in [-0.2, -0.15) is 0 Å². The third-order valence-corrected chi connectivity index (χ3v) is 4.31. The Labute approximate surface area is 113 Å². The van der Waals surface area contributed by atoms with Gasteiger partial charge in [0.15, 0.2) is 4.90 Å². The molecule has 0 radical (unpaired) electrons. The molecule has 0 aromatic carbocycles. The molecule has 0 aliphatic carbocycles. The number of hydrogen-bond donors (Lipinski definition) is 3. The standard InChI is InChI=1S/C7H5N5O6S2/c13-5-3(1-8-6(14)10-5)20(17,18)11-7-9-2-4(19-7)12(15)16/h1-2H,(H,9,11)(H2,8,10,13,14). The Kier molecular flexibility index (Phi) is 3.37. The van der Waals surface area contributed by atoms with Crippen molar-refractivity contribution in [3.05, 3.63) is 43.3 Å². The van der Waals surface area contributed by atoms with E-state index in [2.05, 4.69) is 4.98 Å². The minimum atomic E-state index is -4.31. The molecule has 106 valence electrons. The fraction of sp³-hybridized carbons (Fsp3) is 0. The molecule has 20 heavy (non-hydrogen) atoms. The molecule has 0 spiro atoms. The van der Waals surface area contributed by atoms with Crippen molar-refractivity contribution < 1.29 is 13.3 Å². The van der Waals surface area contributed by atoms with Crippen LogP contribution in [0.1, 0.15) is 0 Å². The van der Waals surface area contributed by atoms with Gasteiger partial charge in [0.05, 0.1) is 4.92 Å². The van der Waals surface area contributed by atoms with E-state index in [1.807, 2.05) is 9.71 Å². The predicted octanol–water partition coefficient (Wildman–Crippen LogP) is -0.771. The summed E-state index contributed by atoms with van der Waals surface area (Å²) in [6.45, 7) is 0. The van der Waals surface area contributed by atoms with Crippen LogP contribution in [0, 0.1) is 10.1 Å². The monoisotopic (exact) mass is 319 g/mol. The molecule has 0 aliphatic heterocycles. The lowest BCUT2D eigenvalue weighted by Crippen LogP contribution is -2.29. The van der Waals surface area contributed by atoms with Gasteiger partial charge < -0.3 is 4.98 Å². The maximum absolute atomic E-state index is 11.9. The average Bonchev–Trinajstić information content (AvgIpc) is 2.76. The van der Waals surface area contributed by atoms with Crippen LogP contribution in [0.2, 0.25) is 0 Å². The Balaban J connectivity index is 2.38. The Bertz CT molecular complexity index is 877. The zero-order valence-electron chi connectivity index (χ0n) is 9.32. The number of H-pyrrole nitrogens is 2. The third-order valence-electron chi connectivity index (χ3n) is 1.97. The largest absolute Gasteiger partial charge is 0.345 e. The van der Waals surface area contributed by atoms with Crippen molar-refractivity contribution in [2.24, 2.45) is 0 Å². The molecule has 0 atom stereocenters. The zero-order valence-corrected chi connectivity index (χ0v) is 10.9. The van der Waals surface area contributed by atoms with Crippen LogP contribution in [0.3, 0.4) is 0 Å². The van der Waals surface area contributed by atoms with Crippen molar-refractivity contribution in [3.63, 3.8) is 0 Å². The molecule has 3 N–H and O–H groups in total. The fourth-order valence-electron chi connectivity index (χ4n) is 1.16. The first kappa shape index (κ1) is 13.9. The molecule has 2 heterocycles. The lowest BCUT2D eigenvalue weighted by molar-refractivity contribution is -0.380. The van der Waals surface area contributed by atoms with E-state index in [-0.39, 0.29) is 10.1 Å². The van der Waals surface area contributed by atoms with E-state index in [0.29, 0.717) is 17.5 Å². The SMILES string of the molecule is O=c1[nH]cc(S(=O)(=O)Nc2ncc([N+](=O)[O-])s2)c(=O)[nH]1. The van der Waals surface area contributed by atoms with Gasteiger partial charge in [0, 0.05) is 6.20 Å². The first-order valence-electron chi connectivity index (χ1n) is 4.74. The van der Waals surface area contributed by atoms with Gasteiger partial charge in [-0.25, -0.2) is 18.2 Å². The predicted molar refractivity (Wildman–Crippen MR) is 67.3 cm³/mol. The number of nitro groups is 1. The van der Waals surface area contributed by atoms with E-state index in [0.717, 1.165) is 6.20 Å². The van der Waals surface area contributed by atoms with Gasteiger partial charge in [-0.05, 0) is 11.3 Å². The summed E-state index contributed by atoms with van der Waals surface area (Å²) in [5, 5.41) is 9.81. The molecule has 0 saturated heterocycles. The number of rotatable bonds is 4. The lowest BCUT2D eigenvalue weighted by atomic mass is 10.7. The molecule has 0 unspecified atom stereocenters. The summed E-state index contributed by atoms with van der Waals surface area (Å²) in [5.41, 5.74) is -1.98. The number of thiazole rings is 1. The van der Waals surface area contributed by atoms with Crippen LogP contribution >= 0.6 is 11.3 Å². The van der Waals surface area contributed by atoms with Gasteiger partial charge in [-0.3, -0.25) is 24.6 Å². The van der Waals surface area contributed by atoms with Crippen LogP contribution < -0.4 is 16.0 Å². The molecule has 0 fully saturated rings. The van der Waals surface area contributed by atoms with Crippen molar-refractivity contribution in [3.8, 4) is 0 Å². The second kappa shape index (κ2) is 4.86. The van der Waals surface area contributed by atoms with E-state index in [1.54, 1.807) is 4.98 Å². The van der Waals surface area contributed by atoms with Gasteiger partial charge in [0.1, 0.15) is 6.20 Å². The summed E-state index contributed by atoms with van der Waals surface area (Å²) >= 11 is 0.487. The highest BCUT2D eigenvalue weighted by molar-refractivity contribution is 7.93. The highest BCUT2D eigenvalue weighted by Crippen LogP contribution is 2.26. The quantitative estimate of drug-likeness (QED) is 0.491. The number of aromatic nitrogens is 3. The molecule has 0 bridgehead atoms. The molecular weight excluding hydrogens is 314 g/mol. The highest BCUT2D eigenvalue weighted by atomic mass is 32.2. The van der Waals surface area contributed by atoms with Gasteiger partial charge in [-0.1, -0.05) is 0 Å². The number of sulfonamides is 1. The lowest BCUT2D eigenvalue weighted by Gasteiger charge is -2.02. The molecule has 11 nitrogen and oxygen atoms in total. The minimum absolute atomic E-state index is 0.276.